The number of aromatic nitrogens is 1. The second-order valence-corrected chi connectivity index (χ2v) is 12.1. The highest BCUT2D eigenvalue weighted by molar-refractivity contribution is 8.16. The lowest BCUT2D eigenvalue weighted by Crippen LogP contribution is -2.16. The summed E-state index contributed by atoms with van der Waals surface area (Å²) in [5.41, 5.74) is 3.89. The van der Waals surface area contributed by atoms with Crippen LogP contribution in [0.1, 0.15) is 22.3 Å². The fourth-order valence-electron chi connectivity index (χ4n) is 4.19. The van der Waals surface area contributed by atoms with Crippen LogP contribution in [0.4, 0.5) is 0 Å². The second kappa shape index (κ2) is 8.98. The number of hydrogen-bond donors (Lipinski definition) is 1. The third kappa shape index (κ3) is 3.77. The first-order chi connectivity index (χ1) is 15.6. The summed E-state index contributed by atoms with van der Waals surface area (Å²) in [6, 6.07) is 24.2. The lowest BCUT2D eigenvalue weighted by molar-refractivity contribution is 0.276. The van der Waals surface area contributed by atoms with Crippen molar-refractivity contribution >= 4 is 44.4 Å². The van der Waals surface area contributed by atoms with E-state index >= 15 is 0 Å². The molecular weight excluding hydrogens is 458 g/mol. The van der Waals surface area contributed by atoms with Crippen molar-refractivity contribution in [3.05, 3.63) is 90.1 Å². The molecule has 1 saturated heterocycles. The van der Waals surface area contributed by atoms with E-state index in [0.717, 1.165) is 16.5 Å². The lowest BCUT2D eigenvalue weighted by atomic mass is 10.0. The van der Waals surface area contributed by atoms with E-state index in [4.69, 9.17) is 0 Å². The van der Waals surface area contributed by atoms with Crippen molar-refractivity contribution in [3.8, 4) is 11.1 Å². The highest BCUT2D eigenvalue weighted by Gasteiger charge is 2.27. The second-order valence-electron chi connectivity index (χ2n) is 7.63. The summed E-state index contributed by atoms with van der Waals surface area (Å²) in [6.45, 7) is -0.383. The Bertz CT molecular complexity index is 1340. The van der Waals surface area contributed by atoms with Crippen molar-refractivity contribution in [1.82, 2.24) is 3.97 Å². The van der Waals surface area contributed by atoms with Crippen LogP contribution in [-0.2, 0) is 16.6 Å². The van der Waals surface area contributed by atoms with Gasteiger partial charge in [-0.2, -0.15) is 0 Å². The van der Waals surface area contributed by atoms with Gasteiger partial charge in [0.1, 0.15) is 0 Å². The van der Waals surface area contributed by atoms with E-state index in [9.17, 15) is 13.5 Å². The normalized spacial score (nSPS) is 15.3. The van der Waals surface area contributed by atoms with E-state index in [1.807, 2.05) is 53.9 Å². The third-order valence-corrected chi connectivity index (χ3v) is 10.4. The van der Waals surface area contributed by atoms with E-state index in [-0.39, 0.29) is 11.5 Å². The Morgan fingerprint density at radius 1 is 0.875 bits per heavy atom. The monoisotopic (exact) mass is 481 g/mol. The summed E-state index contributed by atoms with van der Waals surface area (Å²) in [7, 11) is -3.87. The van der Waals surface area contributed by atoms with Gasteiger partial charge in [-0.25, -0.2) is 12.4 Å². The van der Waals surface area contributed by atoms with E-state index in [2.05, 4.69) is 12.1 Å². The Morgan fingerprint density at radius 2 is 1.53 bits per heavy atom. The molecule has 164 valence electrons. The molecule has 1 aliphatic rings. The van der Waals surface area contributed by atoms with Gasteiger partial charge in [0, 0.05) is 10.9 Å². The zero-order valence-corrected chi connectivity index (χ0v) is 19.8. The molecule has 5 rings (SSSR count). The maximum absolute atomic E-state index is 13.6. The predicted octanol–water partition coefficient (Wildman–Crippen LogP) is 5.91. The summed E-state index contributed by atoms with van der Waals surface area (Å²) in [6.07, 6.45) is 1.25. The number of hydrogen-bond acceptors (Lipinski definition) is 5. The van der Waals surface area contributed by atoms with Gasteiger partial charge < -0.3 is 5.11 Å². The molecule has 4 aromatic rings. The van der Waals surface area contributed by atoms with E-state index in [1.165, 1.54) is 27.5 Å². The quantitative estimate of drug-likeness (QED) is 0.384. The average Bonchev–Trinajstić information content (AvgIpc) is 3.20. The zero-order chi connectivity index (χ0) is 22.1. The minimum atomic E-state index is -3.87. The minimum Gasteiger partial charge on any atom is -0.390 e. The van der Waals surface area contributed by atoms with Gasteiger partial charge in [-0.1, -0.05) is 60.7 Å². The molecule has 0 amide bonds. The molecule has 0 saturated carbocycles. The van der Waals surface area contributed by atoms with Crippen LogP contribution in [-0.4, -0.2) is 29.0 Å². The van der Waals surface area contributed by atoms with Crippen molar-refractivity contribution in [1.29, 1.82) is 0 Å². The van der Waals surface area contributed by atoms with Crippen LogP contribution in [0, 0.1) is 0 Å². The molecule has 0 bridgehead atoms. The number of thioether (sulfide) groups is 2. The first-order valence-corrected chi connectivity index (χ1v) is 14.0. The molecule has 4 nitrogen and oxygen atoms in total. The number of aliphatic hydroxyl groups excluding tert-OH is 1. The van der Waals surface area contributed by atoms with Crippen molar-refractivity contribution in [3.63, 3.8) is 0 Å². The Balaban J connectivity index is 1.68. The molecule has 0 unspecified atom stereocenters. The van der Waals surface area contributed by atoms with E-state index in [0.29, 0.717) is 15.8 Å². The van der Waals surface area contributed by atoms with Crippen molar-refractivity contribution in [2.75, 3.05) is 11.5 Å². The van der Waals surface area contributed by atoms with Gasteiger partial charge in [-0.3, -0.25) is 0 Å². The molecule has 1 aliphatic heterocycles. The number of fused-ring (bicyclic) bond motifs is 1. The van der Waals surface area contributed by atoms with Crippen LogP contribution in [0.15, 0.2) is 83.8 Å². The molecule has 0 atom stereocenters. The molecule has 0 radical (unpaired) electrons. The highest BCUT2D eigenvalue weighted by atomic mass is 32.2. The third-order valence-electron chi connectivity index (χ3n) is 5.66. The fourth-order valence-corrected chi connectivity index (χ4v) is 8.65. The van der Waals surface area contributed by atoms with Crippen molar-refractivity contribution in [2.45, 2.75) is 22.5 Å². The maximum atomic E-state index is 13.6. The number of benzene rings is 3. The van der Waals surface area contributed by atoms with E-state index in [1.54, 1.807) is 36.4 Å². The Labute approximate surface area is 196 Å². The van der Waals surface area contributed by atoms with Crippen molar-refractivity contribution < 1.29 is 13.5 Å². The lowest BCUT2D eigenvalue weighted by Gasteiger charge is -2.21. The van der Waals surface area contributed by atoms with Gasteiger partial charge in [-0.05, 0) is 47.3 Å². The maximum Gasteiger partial charge on any atom is 0.268 e. The minimum absolute atomic E-state index is 0.198. The summed E-state index contributed by atoms with van der Waals surface area (Å²) in [5.74, 6) is 2.36. The number of rotatable bonds is 5. The topological polar surface area (TPSA) is 59.3 Å². The molecule has 0 spiro atoms. The van der Waals surface area contributed by atoms with Crippen LogP contribution < -0.4 is 0 Å². The van der Waals surface area contributed by atoms with Gasteiger partial charge in [0.2, 0.25) is 0 Å². The summed E-state index contributed by atoms with van der Waals surface area (Å²) >= 11 is 3.95. The standard InChI is InChI=1S/C25H23NO3S3/c27-17-23-24(18-11-13-19(14-12-18)25-30-15-6-16-31-25)21-9-4-5-10-22(21)26(23)32(28,29)20-7-2-1-3-8-20/h1-5,7-14,25,27H,6,15-17H2. The molecule has 7 heteroatoms. The average molecular weight is 482 g/mol. The molecule has 1 aromatic heterocycles. The summed E-state index contributed by atoms with van der Waals surface area (Å²) < 4.78 is 28.9. The van der Waals surface area contributed by atoms with Gasteiger partial charge in [0.25, 0.3) is 10.0 Å². The van der Waals surface area contributed by atoms with Crippen LogP contribution in [0.2, 0.25) is 0 Å². The van der Waals surface area contributed by atoms with Crippen LogP contribution in [0.3, 0.4) is 0 Å². The molecule has 1 fully saturated rings. The molecule has 2 heterocycles. The summed E-state index contributed by atoms with van der Waals surface area (Å²) in [5, 5.41) is 11.1. The van der Waals surface area contributed by atoms with E-state index < -0.39 is 10.0 Å². The first-order valence-electron chi connectivity index (χ1n) is 10.5. The van der Waals surface area contributed by atoms with Gasteiger partial charge in [-0.15, -0.1) is 23.5 Å². The molecular formula is C25H23NO3S3. The van der Waals surface area contributed by atoms with Gasteiger partial charge >= 0.3 is 0 Å². The molecule has 32 heavy (non-hydrogen) atoms. The van der Waals surface area contributed by atoms with Crippen LogP contribution in [0.5, 0.6) is 0 Å². The van der Waals surface area contributed by atoms with Gasteiger partial charge in [0.15, 0.2) is 0 Å². The number of para-hydroxylation sites is 1. The summed E-state index contributed by atoms with van der Waals surface area (Å²) in [4.78, 5) is 0.198. The predicted molar refractivity (Wildman–Crippen MR) is 135 cm³/mol. The Kier molecular flexibility index (Phi) is 6.07. The first kappa shape index (κ1) is 21.6. The number of nitrogens with zero attached hydrogens (tertiary/aromatic N) is 1. The Morgan fingerprint density at radius 3 is 2.22 bits per heavy atom. The van der Waals surface area contributed by atoms with Crippen LogP contribution >= 0.6 is 23.5 Å². The van der Waals surface area contributed by atoms with Crippen molar-refractivity contribution in [2.24, 2.45) is 0 Å². The molecule has 1 N–H and O–H groups in total. The Hall–Kier alpha value is -2.19. The highest BCUT2D eigenvalue weighted by Crippen LogP contribution is 2.44. The smallest absolute Gasteiger partial charge is 0.268 e. The largest absolute Gasteiger partial charge is 0.390 e. The molecule has 3 aromatic carbocycles. The SMILES string of the molecule is O=S(=O)(c1ccccc1)n1c(CO)c(-c2ccc(C3SCCCS3)cc2)c2ccccc21. The number of aliphatic hydroxyl groups is 1. The van der Waals surface area contributed by atoms with Crippen LogP contribution in [0.25, 0.3) is 22.0 Å². The fraction of sp³-hybridized carbons (Fsp3) is 0.200. The zero-order valence-electron chi connectivity index (χ0n) is 17.3. The molecule has 0 aliphatic carbocycles. The van der Waals surface area contributed by atoms with Gasteiger partial charge in [0.05, 0.1) is 27.3 Å².